The molecule has 2 heterocycles. The maximum absolute atomic E-state index is 12.4. The first-order valence-electron chi connectivity index (χ1n) is 7.39. The highest BCUT2D eigenvalue weighted by molar-refractivity contribution is 8.00. The van der Waals surface area contributed by atoms with Crippen LogP contribution in [-0.4, -0.2) is 26.5 Å². The molecule has 0 saturated carbocycles. The summed E-state index contributed by atoms with van der Waals surface area (Å²) in [4.78, 5) is 29.7. The van der Waals surface area contributed by atoms with Crippen molar-refractivity contribution in [3.63, 3.8) is 0 Å². The zero-order valence-electron chi connectivity index (χ0n) is 13.2. The van der Waals surface area contributed by atoms with Crippen LogP contribution in [0.5, 0.6) is 0 Å². The van der Waals surface area contributed by atoms with Gasteiger partial charge in [-0.25, -0.2) is 4.98 Å². The van der Waals surface area contributed by atoms with Gasteiger partial charge in [0.2, 0.25) is 5.91 Å². The number of carbonyl (C=O) groups excluding carboxylic acids is 1. The number of thioether (sulfide) groups is 2. The number of rotatable bonds is 4. The Bertz CT molecular complexity index is 836. The molecule has 0 fully saturated rings. The zero-order chi connectivity index (χ0) is 17.3. The first kappa shape index (κ1) is 17.4. The van der Waals surface area contributed by atoms with Gasteiger partial charge < -0.3 is 5.32 Å². The number of benzene rings is 1. The van der Waals surface area contributed by atoms with Gasteiger partial charge in [-0.2, -0.15) is 0 Å². The monoisotopic (exact) mass is 381 g/mol. The minimum atomic E-state index is -0.153. The maximum Gasteiger partial charge on any atom is 0.267 e. The van der Waals surface area contributed by atoms with Crippen molar-refractivity contribution in [3.05, 3.63) is 45.3 Å². The normalized spacial score (nSPS) is 16.0. The summed E-state index contributed by atoms with van der Waals surface area (Å²) >= 11 is 8.66. The van der Waals surface area contributed by atoms with Crippen LogP contribution in [0.1, 0.15) is 12.6 Å². The fourth-order valence-electron chi connectivity index (χ4n) is 2.37. The van der Waals surface area contributed by atoms with Crippen LogP contribution in [0, 0.1) is 0 Å². The second kappa shape index (κ2) is 7.21. The summed E-state index contributed by atoms with van der Waals surface area (Å²) in [5, 5.41) is 4.35. The molecule has 1 aromatic heterocycles. The van der Waals surface area contributed by atoms with E-state index < -0.39 is 0 Å². The predicted octanol–water partition coefficient (Wildman–Crippen LogP) is 3.20. The lowest BCUT2D eigenvalue weighted by Gasteiger charge is -2.09. The first-order chi connectivity index (χ1) is 11.4. The van der Waals surface area contributed by atoms with Crippen LogP contribution in [0.15, 0.2) is 39.1 Å². The van der Waals surface area contributed by atoms with E-state index in [0.717, 1.165) is 17.0 Å². The number of hydrogen-bond donors (Lipinski definition) is 1. The summed E-state index contributed by atoms with van der Waals surface area (Å²) in [5.74, 6) is 0.0320. The van der Waals surface area contributed by atoms with Crippen molar-refractivity contribution in [2.75, 3.05) is 11.1 Å². The van der Waals surface area contributed by atoms with Gasteiger partial charge >= 0.3 is 0 Å². The maximum atomic E-state index is 12.4. The quantitative estimate of drug-likeness (QED) is 0.650. The van der Waals surface area contributed by atoms with E-state index in [1.807, 2.05) is 0 Å². The van der Waals surface area contributed by atoms with Gasteiger partial charge in [-0.1, -0.05) is 30.3 Å². The molecule has 1 aromatic carbocycles. The molecule has 3 rings (SSSR count). The largest absolute Gasteiger partial charge is 0.325 e. The van der Waals surface area contributed by atoms with Gasteiger partial charge in [0.1, 0.15) is 0 Å². The molecular weight excluding hydrogens is 366 g/mol. The smallest absolute Gasteiger partial charge is 0.267 e. The van der Waals surface area contributed by atoms with Crippen molar-refractivity contribution in [2.24, 2.45) is 7.05 Å². The number of carbonyl (C=O) groups is 1. The number of halogens is 1. The van der Waals surface area contributed by atoms with Crippen LogP contribution in [0.4, 0.5) is 5.69 Å². The Morgan fingerprint density at radius 1 is 1.46 bits per heavy atom. The van der Waals surface area contributed by atoms with Crippen molar-refractivity contribution in [3.8, 4) is 0 Å². The molecule has 2 aromatic rings. The molecule has 1 unspecified atom stereocenters. The van der Waals surface area contributed by atoms with Crippen LogP contribution in [0.3, 0.4) is 0 Å². The van der Waals surface area contributed by atoms with E-state index in [2.05, 4.69) is 17.2 Å². The van der Waals surface area contributed by atoms with E-state index in [0.29, 0.717) is 21.1 Å². The summed E-state index contributed by atoms with van der Waals surface area (Å²) in [7, 11) is 1.69. The lowest BCUT2D eigenvalue weighted by Crippen LogP contribution is -2.23. The fraction of sp³-hybridized carbons (Fsp3) is 0.312. The van der Waals surface area contributed by atoms with Gasteiger partial charge in [0.25, 0.3) is 5.56 Å². The molecular formula is C16H16ClN3O2S2. The molecule has 0 aliphatic carbocycles. The highest BCUT2D eigenvalue weighted by atomic mass is 35.5. The van der Waals surface area contributed by atoms with Crippen LogP contribution in [-0.2, 0) is 18.3 Å². The van der Waals surface area contributed by atoms with Gasteiger partial charge in [-0.15, -0.1) is 11.8 Å². The second-order valence-electron chi connectivity index (χ2n) is 5.51. The molecule has 126 valence electrons. The SMILES string of the molecule is CC1Cc2nc(SCC(=O)Nc3ccc(Cl)cc3)n(C)c(=O)c2S1. The number of aromatic nitrogens is 2. The Labute approximate surface area is 153 Å². The van der Waals surface area contributed by atoms with Gasteiger partial charge in [0.15, 0.2) is 5.16 Å². The number of fused-ring (bicyclic) bond motifs is 1. The van der Waals surface area contributed by atoms with E-state index in [4.69, 9.17) is 11.6 Å². The topological polar surface area (TPSA) is 64.0 Å². The Balaban J connectivity index is 1.68. The average molecular weight is 382 g/mol. The number of nitrogens with one attached hydrogen (secondary N) is 1. The summed E-state index contributed by atoms with van der Waals surface area (Å²) in [5.41, 5.74) is 1.50. The minimum absolute atomic E-state index is 0.0324. The standard InChI is InChI=1S/C16H16ClN3O2S2/c1-9-7-12-14(24-9)15(22)20(2)16(19-12)23-8-13(21)18-11-5-3-10(17)4-6-11/h3-6,9H,7-8H2,1-2H3,(H,18,21). The molecule has 5 nitrogen and oxygen atoms in total. The molecule has 1 aliphatic rings. The highest BCUT2D eigenvalue weighted by Gasteiger charge is 2.25. The molecule has 1 atom stereocenters. The van der Waals surface area contributed by atoms with E-state index >= 15 is 0 Å². The predicted molar refractivity (Wildman–Crippen MR) is 99.3 cm³/mol. The third-order valence-corrected chi connectivity index (χ3v) is 6.04. The summed E-state index contributed by atoms with van der Waals surface area (Å²) < 4.78 is 1.52. The van der Waals surface area contributed by atoms with Crippen molar-refractivity contribution >= 4 is 46.7 Å². The fourth-order valence-corrected chi connectivity index (χ4v) is 4.42. The van der Waals surface area contributed by atoms with Gasteiger partial charge in [-0.3, -0.25) is 14.2 Å². The highest BCUT2D eigenvalue weighted by Crippen LogP contribution is 2.33. The van der Waals surface area contributed by atoms with Crippen LogP contribution in [0.25, 0.3) is 0 Å². The zero-order valence-corrected chi connectivity index (χ0v) is 15.6. The summed E-state index contributed by atoms with van der Waals surface area (Å²) in [6, 6.07) is 6.92. The molecule has 0 bridgehead atoms. The number of nitrogens with zero attached hydrogens (tertiary/aromatic N) is 2. The number of hydrogen-bond acceptors (Lipinski definition) is 5. The number of amides is 1. The van der Waals surface area contributed by atoms with Crippen LogP contribution < -0.4 is 10.9 Å². The number of anilines is 1. The van der Waals surface area contributed by atoms with E-state index in [-0.39, 0.29) is 17.2 Å². The molecule has 8 heteroatoms. The van der Waals surface area contributed by atoms with E-state index in [1.54, 1.807) is 43.1 Å². The van der Waals surface area contributed by atoms with Crippen molar-refractivity contribution in [1.29, 1.82) is 0 Å². The van der Waals surface area contributed by atoms with E-state index in [1.165, 1.54) is 16.3 Å². The Morgan fingerprint density at radius 2 is 2.17 bits per heavy atom. The molecule has 0 saturated heterocycles. The summed E-state index contributed by atoms with van der Waals surface area (Å²) in [6.45, 7) is 2.08. The third-order valence-electron chi connectivity index (χ3n) is 3.54. The molecule has 0 radical (unpaired) electrons. The van der Waals surface area contributed by atoms with Crippen LogP contribution >= 0.6 is 35.1 Å². The lowest BCUT2D eigenvalue weighted by molar-refractivity contribution is -0.113. The third kappa shape index (κ3) is 3.79. The lowest BCUT2D eigenvalue weighted by atomic mass is 10.2. The molecule has 1 aliphatic heterocycles. The molecule has 24 heavy (non-hydrogen) atoms. The Hall–Kier alpha value is -1.44. The molecule has 0 spiro atoms. The molecule has 1 N–H and O–H groups in total. The van der Waals surface area contributed by atoms with Crippen molar-refractivity contribution < 1.29 is 4.79 Å². The van der Waals surface area contributed by atoms with Crippen LogP contribution in [0.2, 0.25) is 5.02 Å². The summed E-state index contributed by atoms with van der Waals surface area (Å²) in [6.07, 6.45) is 0.792. The average Bonchev–Trinajstić information content (AvgIpc) is 2.92. The van der Waals surface area contributed by atoms with Crippen molar-refractivity contribution in [2.45, 2.75) is 28.6 Å². The Kier molecular flexibility index (Phi) is 5.22. The van der Waals surface area contributed by atoms with Crippen molar-refractivity contribution in [1.82, 2.24) is 9.55 Å². The van der Waals surface area contributed by atoms with E-state index in [9.17, 15) is 9.59 Å². The van der Waals surface area contributed by atoms with Gasteiger partial charge in [0, 0.05) is 29.4 Å². The van der Waals surface area contributed by atoms with Gasteiger partial charge in [-0.05, 0) is 24.3 Å². The van der Waals surface area contributed by atoms with Gasteiger partial charge in [0.05, 0.1) is 16.3 Å². The minimum Gasteiger partial charge on any atom is -0.325 e. The Morgan fingerprint density at radius 3 is 2.88 bits per heavy atom. The molecule has 1 amide bonds. The second-order valence-corrected chi connectivity index (χ2v) is 8.34. The first-order valence-corrected chi connectivity index (χ1v) is 9.63.